The number of hydrogen-bond acceptors (Lipinski definition) is 4. The van der Waals surface area contributed by atoms with E-state index in [1.165, 1.54) is 16.7 Å². The van der Waals surface area contributed by atoms with E-state index in [4.69, 9.17) is 4.74 Å². The van der Waals surface area contributed by atoms with Gasteiger partial charge in [-0.05, 0) is 43.5 Å². The Bertz CT molecular complexity index is 839. The predicted molar refractivity (Wildman–Crippen MR) is 97.9 cm³/mol. The Morgan fingerprint density at radius 2 is 1.80 bits per heavy atom. The Labute approximate surface area is 147 Å². The molecule has 1 aliphatic heterocycles. The van der Waals surface area contributed by atoms with Crippen LogP contribution >= 0.6 is 0 Å². The van der Waals surface area contributed by atoms with E-state index in [9.17, 15) is 0 Å². The zero-order valence-corrected chi connectivity index (χ0v) is 14.5. The molecule has 0 bridgehead atoms. The van der Waals surface area contributed by atoms with Gasteiger partial charge in [-0.25, -0.2) is 4.68 Å². The van der Waals surface area contributed by atoms with Crippen molar-refractivity contribution < 1.29 is 4.74 Å². The number of aromatic nitrogens is 3. The molecule has 0 radical (unpaired) electrons. The van der Waals surface area contributed by atoms with Crippen LogP contribution in [0.4, 0.5) is 5.95 Å². The fourth-order valence-electron chi connectivity index (χ4n) is 3.37. The highest BCUT2D eigenvalue weighted by Crippen LogP contribution is 2.37. The summed E-state index contributed by atoms with van der Waals surface area (Å²) in [5.41, 5.74) is 3.76. The second kappa shape index (κ2) is 6.59. The number of hydrogen-bond donors (Lipinski definition) is 1. The van der Waals surface area contributed by atoms with Crippen LogP contribution in [-0.4, -0.2) is 21.4 Å². The Morgan fingerprint density at radius 3 is 2.52 bits per heavy atom. The molecule has 0 saturated carbocycles. The molecule has 0 fully saturated rings. The van der Waals surface area contributed by atoms with E-state index in [0.29, 0.717) is 6.61 Å². The number of rotatable bonds is 4. The van der Waals surface area contributed by atoms with Gasteiger partial charge in [-0.1, -0.05) is 42.0 Å². The third-order valence-corrected chi connectivity index (χ3v) is 4.69. The molecule has 0 spiro atoms. The summed E-state index contributed by atoms with van der Waals surface area (Å²) in [5.74, 6) is 1.71. The zero-order valence-electron chi connectivity index (χ0n) is 14.5. The molecular formula is C20H22N4O. The largest absolute Gasteiger partial charge is 0.494 e. The molecule has 0 aliphatic carbocycles. The molecule has 4 rings (SSSR count). The van der Waals surface area contributed by atoms with Crippen LogP contribution in [0.15, 0.2) is 54.9 Å². The van der Waals surface area contributed by atoms with E-state index in [1.54, 1.807) is 6.33 Å². The van der Waals surface area contributed by atoms with Gasteiger partial charge in [0.2, 0.25) is 5.95 Å². The lowest BCUT2D eigenvalue weighted by atomic mass is 9.93. The Balaban J connectivity index is 1.65. The van der Waals surface area contributed by atoms with Crippen molar-refractivity contribution in [2.24, 2.45) is 0 Å². The van der Waals surface area contributed by atoms with Gasteiger partial charge in [-0.3, -0.25) is 0 Å². The van der Waals surface area contributed by atoms with Crippen molar-refractivity contribution in [3.63, 3.8) is 0 Å². The number of nitrogens with one attached hydrogen (secondary N) is 1. The second-order valence-corrected chi connectivity index (χ2v) is 6.39. The summed E-state index contributed by atoms with van der Waals surface area (Å²) in [5, 5.41) is 7.94. The van der Waals surface area contributed by atoms with Crippen LogP contribution in [0.5, 0.6) is 5.75 Å². The molecule has 0 unspecified atom stereocenters. The Morgan fingerprint density at radius 1 is 1.08 bits per heavy atom. The first kappa shape index (κ1) is 15.7. The molecule has 128 valence electrons. The van der Waals surface area contributed by atoms with Gasteiger partial charge in [-0.15, -0.1) is 0 Å². The van der Waals surface area contributed by atoms with Gasteiger partial charge in [0.25, 0.3) is 0 Å². The number of ether oxygens (including phenoxy) is 1. The number of benzene rings is 2. The third kappa shape index (κ3) is 3.09. The summed E-state index contributed by atoms with van der Waals surface area (Å²) >= 11 is 0. The molecule has 0 saturated heterocycles. The SMILES string of the molecule is CCOc1ccc([C@@H]2C[C@H](c3ccc(C)cc3)Nc3ncnn32)cc1. The van der Waals surface area contributed by atoms with Crippen molar-refractivity contribution in [1.29, 1.82) is 0 Å². The van der Waals surface area contributed by atoms with Gasteiger partial charge in [-0.2, -0.15) is 10.1 Å². The van der Waals surface area contributed by atoms with E-state index < -0.39 is 0 Å². The molecule has 1 aliphatic rings. The Hall–Kier alpha value is -2.82. The van der Waals surface area contributed by atoms with Crippen LogP contribution in [0.2, 0.25) is 0 Å². The second-order valence-electron chi connectivity index (χ2n) is 6.39. The summed E-state index contributed by atoms with van der Waals surface area (Å²) in [4.78, 5) is 4.39. The molecule has 5 nitrogen and oxygen atoms in total. The first-order valence-electron chi connectivity index (χ1n) is 8.70. The number of anilines is 1. The lowest BCUT2D eigenvalue weighted by Crippen LogP contribution is -2.28. The molecule has 5 heteroatoms. The maximum atomic E-state index is 5.56. The van der Waals surface area contributed by atoms with Gasteiger partial charge in [0.15, 0.2) is 0 Å². The highest BCUT2D eigenvalue weighted by Gasteiger charge is 2.29. The molecule has 2 heterocycles. The van der Waals surface area contributed by atoms with E-state index in [-0.39, 0.29) is 12.1 Å². The average molecular weight is 334 g/mol. The minimum absolute atomic E-state index is 0.153. The number of nitrogens with zero attached hydrogens (tertiary/aromatic N) is 3. The average Bonchev–Trinajstić information content (AvgIpc) is 3.11. The monoisotopic (exact) mass is 334 g/mol. The van der Waals surface area contributed by atoms with Crippen molar-refractivity contribution in [3.05, 3.63) is 71.5 Å². The Kier molecular flexibility index (Phi) is 4.14. The van der Waals surface area contributed by atoms with Gasteiger partial charge in [0, 0.05) is 0 Å². The molecule has 0 amide bonds. The number of fused-ring (bicyclic) bond motifs is 1. The molecule has 25 heavy (non-hydrogen) atoms. The highest BCUT2D eigenvalue weighted by molar-refractivity contribution is 5.39. The van der Waals surface area contributed by atoms with Gasteiger partial charge >= 0.3 is 0 Å². The summed E-state index contributed by atoms with van der Waals surface area (Å²) in [6.45, 7) is 4.78. The molecule has 3 aromatic rings. The quantitative estimate of drug-likeness (QED) is 0.779. The predicted octanol–water partition coefficient (Wildman–Crippen LogP) is 4.13. The van der Waals surface area contributed by atoms with Crippen molar-refractivity contribution in [2.75, 3.05) is 11.9 Å². The van der Waals surface area contributed by atoms with Gasteiger partial charge in [0.05, 0.1) is 18.7 Å². The van der Waals surface area contributed by atoms with E-state index in [0.717, 1.165) is 18.1 Å². The first-order chi connectivity index (χ1) is 12.2. The van der Waals surface area contributed by atoms with Crippen molar-refractivity contribution in [2.45, 2.75) is 32.4 Å². The summed E-state index contributed by atoms with van der Waals surface area (Å²) in [6.07, 6.45) is 2.54. The van der Waals surface area contributed by atoms with E-state index in [1.807, 2.05) is 23.7 Å². The maximum absolute atomic E-state index is 5.56. The van der Waals surface area contributed by atoms with Gasteiger partial charge in [0.1, 0.15) is 12.1 Å². The van der Waals surface area contributed by atoms with Crippen molar-refractivity contribution in [3.8, 4) is 5.75 Å². The molecule has 2 atom stereocenters. The maximum Gasteiger partial charge on any atom is 0.222 e. The van der Waals surface area contributed by atoms with Crippen LogP contribution in [0.3, 0.4) is 0 Å². The lowest BCUT2D eigenvalue weighted by Gasteiger charge is -2.32. The van der Waals surface area contributed by atoms with Crippen LogP contribution < -0.4 is 10.1 Å². The fraction of sp³-hybridized carbons (Fsp3) is 0.300. The molecular weight excluding hydrogens is 312 g/mol. The zero-order chi connectivity index (χ0) is 17.2. The van der Waals surface area contributed by atoms with E-state index in [2.05, 4.69) is 58.7 Å². The molecule has 1 N–H and O–H groups in total. The summed E-state index contributed by atoms with van der Waals surface area (Å²) in [6, 6.07) is 17.4. The van der Waals surface area contributed by atoms with Crippen LogP contribution in [0.25, 0.3) is 0 Å². The molecule has 2 aromatic carbocycles. The topological polar surface area (TPSA) is 52.0 Å². The van der Waals surface area contributed by atoms with Crippen molar-refractivity contribution >= 4 is 5.95 Å². The standard InChI is InChI=1S/C20H22N4O/c1-3-25-17-10-8-16(9-11-17)19-12-18(15-6-4-14(2)5-7-15)23-20-21-13-22-24(19)20/h4-11,13,18-19H,3,12H2,1-2H3,(H,21,22,23)/t18-,19+/m1/s1. The third-order valence-electron chi connectivity index (χ3n) is 4.69. The van der Waals surface area contributed by atoms with Crippen LogP contribution in [0, 0.1) is 6.92 Å². The smallest absolute Gasteiger partial charge is 0.222 e. The minimum Gasteiger partial charge on any atom is -0.494 e. The van der Waals surface area contributed by atoms with E-state index >= 15 is 0 Å². The molecule has 1 aromatic heterocycles. The highest BCUT2D eigenvalue weighted by atomic mass is 16.5. The normalized spacial score (nSPS) is 19.1. The fourth-order valence-corrected chi connectivity index (χ4v) is 3.37. The minimum atomic E-state index is 0.153. The van der Waals surface area contributed by atoms with Gasteiger partial charge < -0.3 is 10.1 Å². The van der Waals surface area contributed by atoms with Crippen molar-refractivity contribution in [1.82, 2.24) is 14.8 Å². The number of aryl methyl sites for hydroxylation is 1. The van der Waals surface area contributed by atoms with Crippen LogP contribution in [0.1, 0.15) is 42.1 Å². The van der Waals surface area contributed by atoms with Crippen LogP contribution in [-0.2, 0) is 0 Å². The first-order valence-corrected chi connectivity index (χ1v) is 8.70. The lowest BCUT2D eigenvalue weighted by molar-refractivity contribution is 0.340. The summed E-state index contributed by atoms with van der Waals surface area (Å²) in [7, 11) is 0. The summed E-state index contributed by atoms with van der Waals surface area (Å²) < 4.78 is 7.53.